The SMILES string of the molecule is COc1ccc2c(c1)CN(C(=O)COc1ccc(Cl)c(Cl)c1)CC2. The standard InChI is InChI=1S/C18H17Cl2NO3/c1-23-14-3-2-12-6-7-21(10-13(12)8-14)18(22)11-24-15-4-5-16(19)17(20)9-15/h2-5,8-9H,6-7,10-11H2,1H3. The fraction of sp³-hybridized carbons (Fsp3) is 0.278. The summed E-state index contributed by atoms with van der Waals surface area (Å²) in [6.07, 6.45) is 0.831. The highest BCUT2D eigenvalue weighted by molar-refractivity contribution is 6.42. The number of fused-ring (bicyclic) bond motifs is 1. The van der Waals surface area contributed by atoms with Gasteiger partial charge in [-0.2, -0.15) is 0 Å². The molecule has 0 bridgehead atoms. The van der Waals surface area contributed by atoms with Gasteiger partial charge in [-0.15, -0.1) is 0 Å². The predicted octanol–water partition coefficient (Wildman–Crippen LogP) is 3.97. The number of carbonyl (C=O) groups is 1. The van der Waals surface area contributed by atoms with Crippen LogP contribution in [-0.4, -0.2) is 31.1 Å². The average Bonchev–Trinajstić information content (AvgIpc) is 2.61. The Balaban J connectivity index is 1.62. The number of carbonyl (C=O) groups excluding carboxylic acids is 1. The molecule has 0 saturated carbocycles. The van der Waals surface area contributed by atoms with Crippen LogP contribution in [-0.2, 0) is 17.8 Å². The second-order valence-corrected chi connectivity index (χ2v) is 6.38. The largest absolute Gasteiger partial charge is 0.497 e. The fourth-order valence-corrected chi connectivity index (χ4v) is 2.96. The van der Waals surface area contributed by atoms with Gasteiger partial charge in [-0.3, -0.25) is 4.79 Å². The number of ether oxygens (including phenoxy) is 2. The molecule has 0 aliphatic carbocycles. The molecule has 1 aliphatic heterocycles. The summed E-state index contributed by atoms with van der Waals surface area (Å²) in [5.41, 5.74) is 2.37. The van der Waals surface area contributed by atoms with Crippen molar-refractivity contribution in [2.24, 2.45) is 0 Å². The maximum atomic E-state index is 12.4. The van der Waals surface area contributed by atoms with Gasteiger partial charge in [0.1, 0.15) is 11.5 Å². The van der Waals surface area contributed by atoms with E-state index in [1.54, 1.807) is 30.2 Å². The molecular weight excluding hydrogens is 349 g/mol. The topological polar surface area (TPSA) is 38.8 Å². The highest BCUT2D eigenvalue weighted by atomic mass is 35.5. The molecule has 3 rings (SSSR count). The lowest BCUT2D eigenvalue weighted by Gasteiger charge is -2.29. The molecule has 1 amide bonds. The van der Waals surface area contributed by atoms with Gasteiger partial charge in [0, 0.05) is 19.2 Å². The quantitative estimate of drug-likeness (QED) is 0.822. The van der Waals surface area contributed by atoms with E-state index in [0.717, 1.165) is 17.7 Å². The molecular formula is C18H17Cl2NO3. The maximum Gasteiger partial charge on any atom is 0.260 e. The third-order valence-electron chi connectivity index (χ3n) is 4.03. The van der Waals surface area contributed by atoms with E-state index in [9.17, 15) is 4.79 Å². The van der Waals surface area contributed by atoms with Gasteiger partial charge >= 0.3 is 0 Å². The minimum absolute atomic E-state index is 0.0305. The minimum atomic E-state index is -0.0606. The molecule has 2 aromatic rings. The van der Waals surface area contributed by atoms with E-state index >= 15 is 0 Å². The molecule has 0 aromatic heterocycles. The molecule has 0 unspecified atom stereocenters. The molecule has 0 spiro atoms. The number of methoxy groups -OCH3 is 1. The van der Waals surface area contributed by atoms with Gasteiger partial charge in [0.2, 0.25) is 0 Å². The van der Waals surface area contributed by atoms with Gasteiger partial charge < -0.3 is 14.4 Å². The second kappa shape index (κ2) is 7.32. The van der Waals surface area contributed by atoms with Gasteiger partial charge in [0.25, 0.3) is 5.91 Å². The van der Waals surface area contributed by atoms with Crippen LogP contribution in [0.1, 0.15) is 11.1 Å². The van der Waals surface area contributed by atoms with Crippen LogP contribution in [0.5, 0.6) is 11.5 Å². The maximum absolute atomic E-state index is 12.4. The van der Waals surface area contributed by atoms with Crippen molar-refractivity contribution in [3.63, 3.8) is 0 Å². The van der Waals surface area contributed by atoms with Gasteiger partial charge in [-0.05, 0) is 41.8 Å². The first-order valence-electron chi connectivity index (χ1n) is 7.58. The summed E-state index contributed by atoms with van der Waals surface area (Å²) in [5, 5.41) is 0.859. The van der Waals surface area contributed by atoms with Crippen LogP contribution in [0.3, 0.4) is 0 Å². The van der Waals surface area contributed by atoms with Crippen molar-refractivity contribution >= 4 is 29.1 Å². The molecule has 126 valence electrons. The number of nitrogens with zero attached hydrogens (tertiary/aromatic N) is 1. The normalized spacial score (nSPS) is 13.4. The highest BCUT2D eigenvalue weighted by Gasteiger charge is 2.21. The molecule has 0 radical (unpaired) electrons. The van der Waals surface area contributed by atoms with E-state index in [-0.39, 0.29) is 12.5 Å². The summed E-state index contributed by atoms with van der Waals surface area (Å²) in [7, 11) is 1.64. The summed E-state index contributed by atoms with van der Waals surface area (Å²) < 4.78 is 10.8. The third kappa shape index (κ3) is 3.77. The van der Waals surface area contributed by atoms with Crippen molar-refractivity contribution in [3.05, 3.63) is 57.6 Å². The Labute approximate surface area is 150 Å². The van der Waals surface area contributed by atoms with Crippen molar-refractivity contribution in [2.45, 2.75) is 13.0 Å². The van der Waals surface area contributed by atoms with E-state index in [1.165, 1.54) is 5.56 Å². The number of rotatable bonds is 4. The number of hydrogen-bond acceptors (Lipinski definition) is 3. The first-order valence-corrected chi connectivity index (χ1v) is 8.34. The zero-order valence-corrected chi connectivity index (χ0v) is 14.7. The van der Waals surface area contributed by atoms with Crippen LogP contribution >= 0.6 is 23.2 Å². The zero-order valence-electron chi connectivity index (χ0n) is 13.2. The molecule has 0 N–H and O–H groups in total. The van der Waals surface area contributed by atoms with Crippen LogP contribution < -0.4 is 9.47 Å². The van der Waals surface area contributed by atoms with Crippen LogP contribution in [0.4, 0.5) is 0 Å². The number of hydrogen-bond donors (Lipinski definition) is 0. The molecule has 0 fully saturated rings. The lowest BCUT2D eigenvalue weighted by molar-refractivity contribution is -0.134. The summed E-state index contributed by atoms with van der Waals surface area (Å²) in [4.78, 5) is 14.2. The summed E-state index contributed by atoms with van der Waals surface area (Å²) in [5.74, 6) is 1.27. The van der Waals surface area contributed by atoms with Gasteiger partial charge in [0.05, 0.1) is 17.2 Å². The summed E-state index contributed by atoms with van der Waals surface area (Å²) in [6, 6.07) is 10.9. The smallest absolute Gasteiger partial charge is 0.260 e. The second-order valence-electron chi connectivity index (χ2n) is 5.56. The van der Waals surface area contributed by atoms with E-state index in [1.807, 2.05) is 12.1 Å². The number of amides is 1. The molecule has 1 aliphatic rings. The lowest BCUT2D eigenvalue weighted by Crippen LogP contribution is -2.38. The first kappa shape index (κ1) is 16.9. The van der Waals surface area contributed by atoms with E-state index in [2.05, 4.69) is 6.07 Å². The Morgan fingerprint density at radius 3 is 2.62 bits per heavy atom. The third-order valence-corrected chi connectivity index (χ3v) is 4.77. The van der Waals surface area contributed by atoms with E-state index in [4.69, 9.17) is 32.7 Å². The average molecular weight is 366 g/mol. The lowest BCUT2D eigenvalue weighted by atomic mass is 9.99. The van der Waals surface area contributed by atoms with Gasteiger partial charge in [-0.1, -0.05) is 29.3 Å². The Kier molecular flexibility index (Phi) is 5.17. The molecule has 6 heteroatoms. The fourth-order valence-electron chi connectivity index (χ4n) is 2.68. The highest BCUT2D eigenvalue weighted by Crippen LogP contribution is 2.27. The van der Waals surface area contributed by atoms with Gasteiger partial charge in [-0.25, -0.2) is 0 Å². The number of halogens is 2. The van der Waals surface area contributed by atoms with Gasteiger partial charge in [0.15, 0.2) is 6.61 Å². The Bertz CT molecular complexity index is 764. The van der Waals surface area contributed by atoms with E-state index in [0.29, 0.717) is 28.9 Å². The Morgan fingerprint density at radius 1 is 1.08 bits per heavy atom. The van der Waals surface area contributed by atoms with Crippen molar-refractivity contribution in [1.82, 2.24) is 4.90 Å². The molecule has 24 heavy (non-hydrogen) atoms. The predicted molar refractivity (Wildman–Crippen MR) is 94.1 cm³/mol. The van der Waals surface area contributed by atoms with Crippen LogP contribution in [0.15, 0.2) is 36.4 Å². The Morgan fingerprint density at radius 2 is 1.88 bits per heavy atom. The molecule has 0 atom stereocenters. The Hall–Kier alpha value is -1.91. The summed E-state index contributed by atoms with van der Waals surface area (Å²) >= 11 is 11.8. The van der Waals surface area contributed by atoms with Crippen LogP contribution in [0, 0.1) is 0 Å². The van der Waals surface area contributed by atoms with Crippen molar-refractivity contribution < 1.29 is 14.3 Å². The monoisotopic (exact) mass is 365 g/mol. The molecule has 4 nitrogen and oxygen atoms in total. The zero-order chi connectivity index (χ0) is 17.1. The van der Waals surface area contributed by atoms with Crippen molar-refractivity contribution in [1.29, 1.82) is 0 Å². The van der Waals surface area contributed by atoms with Crippen molar-refractivity contribution in [2.75, 3.05) is 20.3 Å². The van der Waals surface area contributed by atoms with Crippen molar-refractivity contribution in [3.8, 4) is 11.5 Å². The van der Waals surface area contributed by atoms with Crippen LogP contribution in [0.25, 0.3) is 0 Å². The molecule has 2 aromatic carbocycles. The minimum Gasteiger partial charge on any atom is -0.497 e. The van der Waals surface area contributed by atoms with Crippen LogP contribution in [0.2, 0.25) is 10.0 Å². The summed E-state index contributed by atoms with van der Waals surface area (Å²) in [6.45, 7) is 1.22. The first-order chi connectivity index (χ1) is 11.6. The number of benzene rings is 2. The van der Waals surface area contributed by atoms with E-state index < -0.39 is 0 Å². The molecule has 0 saturated heterocycles. The molecule has 1 heterocycles.